The van der Waals surface area contributed by atoms with E-state index in [4.69, 9.17) is 4.99 Å². The zero-order valence-electron chi connectivity index (χ0n) is 15.3. The Morgan fingerprint density at radius 1 is 1.32 bits per heavy atom. The van der Waals surface area contributed by atoms with E-state index in [1.807, 2.05) is 35.5 Å². The molecular formula is C19H29N5S. The van der Waals surface area contributed by atoms with Gasteiger partial charge in [-0.25, -0.2) is 4.99 Å². The number of hydrogen-bond donors (Lipinski definition) is 2. The Hall–Kier alpha value is -1.82. The fourth-order valence-electron chi connectivity index (χ4n) is 3.64. The lowest BCUT2D eigenvalue weighted by atomic mass is 9.73. The van der Waals surface area contributed by atoms with Gasteiger partial charge >= 0.3 is 0 Å². The molecule has 1 saturated carbocycles. The van der Waals surface area contributed by atoms with E-state index in [1.165, 1.54) is 37.0 Å². The summed E-state index contributed by atoms with van der Waals surface area (Å²) in [5, 5.41) is 13.4. The SMILES string of the molecule is CCNC(=NCc1cnn(C)c1)NCC1(c2cccs2)CCCCC1. The summed E-state index contributed by atoms with van der Waals surface area (Å²) in [4.78, 5) is 6.25. The first-order valence-corrected chi connectivity index (χ1v) is 10.1. The molecule has 2 aromatic rings. The molecule has 0 radical (unpaired) electrons. The van der Waals surface area contributed by atoms with Crippen molar-refractivity contribution in [3.63, 3.8) is 0 Å². The molecule has 25 heavy (non-hydrogen) atoms. The monoisotopic (exact) mass is 359 g/mol. The smallest absolute Gasteiger partial charge is 0.191 e. The highest BCUT2D eigenvalue weighted by atomic mass is 32.1. The van der Waals surface area contributed by atoms with Gasteiger partial charge in [-0.3, -0.25) is 4.68 Å². The number of nitrogens with one attached hydrogen (secondary N) is 2. The molecule has 5 nitrogen and oxygen atoms in total. The number of hydrogen-bond acceptors (Lipinski definition) is 3. The second-order valence-electron chi connectivity index (χ2n) is 6.89. The number of aromatic nitrogens is 2. The van der Waals surface area contributed by atoms with Crippen LogP contribution in [0.5, 0.6) is 0 Å². The second kappa shape index (κ2) is 8.52. The number of guanidine groups is 1. The van der Waals surface area contributed by atoms with E-state index >= 15 is 0 Å². The summed E-state index contributed by atoms with van der Waals surface area (Å²) in [6.07, 6.45) is 10.4. The maximum Gasteiger partial charge on any atom is 0.191 e. The Bertz CT molecular complexity index is 668. The Morgan fingerprint density at radius 3 is 2.80 bits per heavy atom. The Kier molecular flexibility index (Phi) is 6.13. The summed E-state index contributed by atoms with van der Waals surface area (Å²) in [5.74, 6) is 0.896. The first-order chi connectivity index (χ1) is 12.2. The molecule has 3 rings (SSSR count). The molecule has 0 bridgehead atoms. The second-order valence-corrected chi connectivity index (χ2v) is 7.84. The number of thiophene rings is 1. The van der Waals surface area contributed by atoms with Crippen molar-refractivity contribution in [3.8, 4) is 0 Å². The van der Waals surface area contributed by atoms with Gasteiger partial charge in [0, 0.05) is 42.2 Å². The summed E-state index contributed by atoms with van der Waals surface area (Å²) >= 11 is 1.89. The van der Waals surface area contributed by atoms with Gasteiger partial charge in [-0.05, 0) is 31.2 Å². The van der Waals surface area contributed by atoms with E-state index in [1.54, 1.807) is 0 Å². The van der Waals surface area contributed by atoms with Crippen LogP contribution in [0.2, 0.25) is 0 Å². The Balaban J connectivity index is 1.68. The highest BCUT2D eigenvalue weighted by Gasteiger charge is 2.34. The van der Waals surface area contributed by atoms with E-state index in [0.717, 1.165) is 24.6 Å². The third-order valence-corrected chi connectivity index (χ3v) is 6.09. The van der Waals surface area contributed by atoms with Crippen LogP contribution in [0.1, 0.15) is 49.5 Å². The quantitative estimate of drug-likeness (QED) is 0.614. The predicted octanol–water partition coefficient (Wildman–Crippen LogP) is 3.44. The van der Waals surface area contributed by atoms with Crippen LogP contribution in [0.4, 0.5) is 0 Å². The van der Waals surface area contributed by atoms with E-state index in [2.05, 4.69) is 40.2 Å². The van der Waals surface area contributed by atoms with Gasteiger partial charge in [0.25, 0.3) is 0 Å². The van der Waals surface area contributed by atoms with Crippen LogP contribution in [0.3, 0.4) is 0 Å². The van der Waals surface area contributed by atoms with Gasteiger partial charge < -0.3 is 10.6 Å². The predicted molar refractivity (Wildman–Crippen MR) is 105 cm³/mol. The van der Waals surface area contributed by atoms with Crippen molar-refractivity contribution < 1.29 is 0 Å². The van der Waals surface area contributed by atoms with Crippen molar-refractivity contribution in [3.05, 3.63) is 40.3 Å². The maximum atomic E-state index is 4.74. The molecule has 0 amide bonds. The molecule has 1 fully saturated rings. The normalized spacial score (nSPS) is 17.4. The van der Waals surface area contributed by atoms with Gasteiger partial charge in [0.2, 0.25) is 0 Å². The van der Waals surface area contributed by atoms with Crippen LogP contribution in [0.15, 0.2) is 34.9 Å². The maximum absolute atomic E-state index is 4.74. The minimum absolute atomic E-state index is 0.261. The average Bonchev–Trinajstić information content (AvgIpc) is 3.30. The van der Waals surface area contributed by atoms with E-state index in [9.17, 15) is 0 Å². The number of nitrogens with zero attached hydrogens (tertiary/aromatic N) is 3. The van der Waals surface area contributed by atoms with Gasteiger partial charge in [0.15, 0.2) is 5.96 Å². The topological polar surface area (TPSA) is 54.2 Å². The van der Waals surface area contributed by atoms with Gasteiger partial charge in [-0.1, -0.05) is 25.3 Å². The largest absolute Gasteiger partial charge is 0.357 e. The number of rotatable bonds is 6. The molecule has 6 heteroatoms. The van der Waals surface area contributed by atoms with E-state index < -0.39 is 0 Å². The highest BCUT2D eigenvalue weighted by molar-refractivity contribution is 7.10. The lowest BCUT2D eigenvalue weighted by molar-refractivity contribution is 0.296. The Morgan fingerprint density at radius 2 is 2.16 bits per heavy atom. The third-order valence-electron chi connectivity index (χ3n) is 4.97. The van der Waals surface area contributed by atoms with Gasteiger partial charge in [0.1, 0.15) is 0 Å². The molecular weight excluding hydrogens is 330 g/mol. The van der Waals surface area contributed by atoms with Crippen molar-refractivity contribution in [1.29, 1.82) is 0 Å². The lowest BCUT2D eigenvalue weighted by Crippen LogP contribution is -2.46. The van der Waals surface area contributed by atoms with Crippen molar-refractivity contribution in [2.45, 2.75) is 51.0 Å². The van der Waals surface area contributed by atoms with Crippen LogP contribution in [-0.4, -0.2) is 28.8 Å². The Labute approximate surface area is 154 Å². The van der Waals surface area contributed by atoms with Gasteiger partial charge in [-0.2, -0.15) is 5.10 Å². The summed E-state index contributed by atoms with van der Waals surface area (Å²) < 4.78 is 1.82. The number of aryl methyl sites for hydroxylation is 1. The van der Waals surface area contributed by atoms with Crippen LogP contribution < -0.4 is 10.6 Å². The number of aliphatic imine (C=N–C) groups is 1. The van der Waals surface area contributed by atoms with Crippen LogP contribution in [0, 0.1) is 0 Å². The average molecular weight is 360 g/mol. The zero-order chi connectivity index (χ0) is 17.5. The summed E-state index contributed by atoms with van der Waals surface area (Å²) in [7, 11) is 1.94. The molecule has 1 aliphatic carbocycles. The molecule has 2 heterocycles. The molecule has 0 aromatic carbocycles. The van der Waals surface area contributed by atoms with Crippen molar-refractivity contribution in [2.24, 2.45) is 12.0 Å². The molecule has 0 spiro atoms. The van der Waals surface area contributed by atoms with Crippen LogP contribution in [-0.2, 0) is 19.0 Å². The fourth-order valence-corrected chi connectivity index (χ4v) is 4.62. The molecule has 0 atom stereocenters. The minimum Gasteiger partial charge on any atom is -0.357 e. The summed E-state index contributed by atoms with van der Waals surface area (Å²) in [6.45, 7) is 4.57. The first kappa shape index (κ1) is 18.0. The van der Waals surface area contributed by atoms with Crippen molar-refractivity contribution >= 4 is 17.3 Å². The van der Waals surface area contributed by atoms with E-state index in [-0.39, 0.29) is 5.41 Å². The first-order valence-electron chi connectivity index (χ1n) is 9.25. The third kappa shape index (κ3) is 4.63. The van der Waals surface area contributed by atoms with Crippen LogP contribution >= 0.6 is 11.3 Å². The highest BCUT2D eigenvalue weighted by Crippen LogP contribution is 2.41. The summed E-state index contributed by atoms with van der Waals surface area (Å²) in [5.41, 5.74) is 1.39. The van der Waals surface area contributed by atoms with Crippen LogP contribution in [0.25, 0.3) is 0 Å². The fraction of sp³-hybridized carbons (Fsp3) is 0.579. The molecule has 136 valence electrons. The van der Waals surface area contributed by atoms with Gasteiger partial charge in [0.05, 0.1) is 12.7 Å². The summed E-state index contributed by atoms with van der Waals surface area (Å²) in [6, 6.07) is 4.48. The zero-order valence-corrected chi connectivity index (χ0v) is 16.1. The molecule has 2 N–H and O–H groups in total. The molecule has 2 aromatic heterocycles. The lowest BCUT2D eigenvalue weighted by Gasteiger charge is -2.37. The van der Waals surface area contributed by atoms with E-state index in [0.29, 0.717) is 6.54 Å². The molecule has 0 aliphatic heterocycles. The molecule has 1 aliphatic rings. The molecule has 0 unspecified atom stereocenters. The van der Waals surface area contributed by atoms with Gasteiger partial charge in [-0.15, -0.1) is 11.3 Å². The standard InChI is InChI=1S/C19H29N5S/c1-3-20-18(21-12-16-13-23-24(2)14-16)22-15-19(9-5-4-6-10-19)17-8-7-11-25-17/h7-8,11,13-14H,3-6,9-10,12,15H2,1-2H3,(H2,20,21,22). The minimum atomic E-state index is 0.261. The van der Waals surface area contributed by atoms with Crippen molar-refractivity contribution in [1.82, 2.24) is 20.4 Å². The van der Waals surface area contributed by atoms with Crippen molar-refractivity contribution in [2.75, 3.05) is 13.1 Å². The molecule has 0 saturated heterocycles.